The summed E-state index contributed by atoms with van der Waals surface area (Å²) in [5, 5.41) is 5.87. The number of benzene rings is 3. The summed E-state index contributed by atoms with van der Waals surface area (Å²) in [6, 6.07) is 20.3. The minimum atomic E-state index is -0.505. The molecule has 0 unspecified atom stereocenters. The van der Waals surface area contributed by atoms with Gasteiger partial charge in [-0.1, -0.05) is 42.5 Å². The number of aromatic amines is 1. The predicted octanol–water partition coefficient (Wildman–Crippen LogP) is 2.85. The number of fused-ring (bicyclic) bond motifs is 2. The Morgan fingerprint density at radius 2 is 1.84 bits per heavy atom. The van der Waals surface area contributed by atoms with Crippen LogP contribution in [0.1, 0.15) is 16.2 Å². The van der Waals surface area contributed by atoms with Gasteiger partial charge in [0.05, 0.1) is 16.6 Å². The van der Waals surface area contributed by atoms with E-state index in [0.29, 0.717) is 22.3 Å². The number of amides is 2. The van der Waals surface area contributed by atoms with Crippen LogP contribution in [-0.2, 0) is 11.3 Å². The first-order chi connectivity index (χ1) is 15.6. The van der Waals surface area contributed by atoms with E-state index in [-0.39, 0.29) is 30.4 Å². The molecule has 8 nitrogen and oxygen atoms in total. The number of carbonyl (C=O) groups is 2. The summed E-state index contributed by atoms with van der Waals surface area (Å²) < 4.78 is 5.33. The van der Waals surface area contributed by atoms with Crippen molar-refractivity contribution in [2.75, 3.05) is 11.9 Å². The van der Waals surface area contributed by atoms with E-state index < -0.39 is 5.91 Å². The van der Waals surface area contributed by atoms with E-state index in [1.807, 2.05) is 36.4 Å². The van der Waals surface area contributed by atoms with Gasteiger partial charge in [-0.05, 0) is 41.0 Å². The lowest BCUT2D eigenvalue weighted by atomic mass is 10.0. The topological polar surface area (TPSA) is 113 Å². The molecule has 0 fully saturated rings. The highest BCUT2D eigenvalue weighted by atomic mass is 16.5. The molecule has 1 aromatic heterocycles. The third-order valence-electron chi connectivity index (χ3n) is 5.16. The molecule has 5 rings (SSSR count). The number of carbonyl (C=O) groups excluding carboxylic acids is 2. The molecule has 3 N–H and O–H groups in total. The van der Waals surface area contributed by atoms with Gasteiger partial charge in [-0.15, -0.1) is 0 Å². The van der Waals surface area contributed by atoms with Gasteiger partial charge in [0.25, 0.3) is 17.4 Å². The number of nitrogens with zero attached hydrogens (tertiary/aromatic N) is 1. The Hall–Kier alpha value is -4.46. The van der Waals surface area contributed by atoms with Gasteiger partial charge in [-0.2, -0.15) is 0 Å². The Morgan fingerprint density at radius 1 is 1.00 bits per heavy atom. The maximum absolute atomic E-state index is 12.6. The predicted molar refractivity (Wildman–Crippen MR) is 120 cm³/mol. The largest absolute Gasteiger partial charge is 0.482 e. The van der Waals surface area contributed by atoms with Crippen molar-refractivity contribution in [3.63, 3.8) is 0 Å². The van der Waals surface area contributed by atoms with Gasteiger partial charge >= 0.3 is 0 Å². The minimum Gasteiger partial charge on any atom is -0.482 e. The maximum atomic E-state index is 12.6. The summed E-state index contributed by atoms with van der Waals surface area (Å²) in [4.78, 5) is 43.6. The highest BCUT2D eigenvalue weighted by molar-refractivity contribution is 5.95. The average Bonchev–Trinajstić information content (AvgIpc) is 2.82. The highest BCUT2D eigenvalue weighted by Crippen LogP contribution is 2.28. The first-order valence-corrected chi connectivity index (χ1v) is 10.00. The summed E-state index contributed by atoms with van der Waals surface area (Å²) >= 11 is 0. The molecule has 0 saturated heterocycles. The first-order valence-electron chi connectivity index (χ1n) is 10.00. The first kappa shape index (κ1) is 19.5. The Balaban J connectivity index is 1.35. The lowest BCUT2D eigenvalue weighted by Crippen LogP contribution is -2.28. The van der Waals surface area contributed by atoms with E-state index in [1.54, 1.807) is 30.3 Å². The van der Waals surface area contributed by atoms with Gasteiger partial charge in [0.2, 0.25) is 0 Å². The minimum absolute atomic E-state index is 0.0169. The van der Waals surface area contributed by atoms with Crippen molar-refractivity contribution in [2.45, 2.75) is 6.54 Å². The van der Waals surface area contributed by atoms with Crippen LogP contribution in [0.15, 0.2) is 71.5 Å². The third kappa shape index (κ3) is 3.81. The summed E-state index contributed by atoms with van der Waals surface area (Å²) in [7, 11) is 0. The van der Waals surface area contributed by atoms with Crippen molar-refractivity contribution in [1.29, 1.82) is 0 Å². The monoisotopic (exact) mass is 426 g/mol. The van der Waals surface area contributed by atoms with Crippen LogP contribution in [0.25, 0.3) is 22.0 Å². The Labute approximate surface area is 182 Å². The molecule has 0 aliphatic carbocycles. The van der Waals surface area contributed by atoms with Gasteiger partial charge < -0.3 is 20.4 Å². The molecular weight excluding hydrogens is 408 g/mol. The Kier molecular flexibility index (Phi) is 4.87. The van der Waals surface area contributed by atoms with E-state index in [4.69, 9.17) is 4.74 Å². The number of hydrogen-bond donors (Lipinski definition) is 3. The summed E-state index contributed by atoms with van der Waals surface area (Å²) in [6.07, 6.45) is 0. The second-order valence-electron chi connectivity index (χ2n) is 7.36. The molecule has 0 spiro atoms. The number of ether oxygens (including phenoxy) is 1. The highest BCUT2D eigenvalue weighted by Gasteiger charge is 2.17. The van der Waals surface area contributed by atoms with Crippen LogP contribution in [0.5, 0.6) is 5.75 Å². The van der Waals surface area contributed by atoms with Crippen molar-refractivity contribution in [2.24, 2.45) is 0 Å². The number of H-pyrrole nitrogens is 1. The smallest absolute Gasteiger partial charge is 0.287 e. The van der Waals surface area contributed by atoms with Crippen molar-refractivity contribution < 1.29 is 14.3 Å². The van der Waals surface area contributed by atoms with E-state index in [2.05, 4.69) is 20.6 Å². The van der Waals surface area contributed by atoms with Crippen molar-refractivity contribution in [1.82, 2.24) is 15.3 Å². The molecule has 2 heterocycles. The lowest BCUT2D eigenvalue weighted by Gasteiger charge is -2.18. The number of aromatic nitrogens is 2. The van der Waals surface area contributed by atoms with E-state index in [1.165, 1.54) is 0 Å². The summed E-state index contributed by atoms with van der Waals surface area (Å²) in [6.45, 7) is 0.174. The van der Waals surface area contributed by atoms with Crippen LogP contribution in [0.3, 0.4) is 0 Å². The quantitative estimate of drug-likeness (QED) is 0.464. The number of hydrogen-bond acceptors (Lipinski definition) is 5. The molecule has 4 aromatic rings. The number of anilines is 1. The molecule has 1 aliphatic rings. The normalized spacial score (nSPS) is 12.6. The van der Waals surface area contributed by atoms with Gasteiger partial charge in [-0.3, -0.25) is 14.4 Å². The Bertz CT molecular complexity index is 1410. The van der Waals surface area contributed by atoms with Gasteiger partial charge in [0.1, 0.15) is 5.75 Å². The molecule has 1 aliphatic heterocycles. The summed E-state index contributed by atoms with van der Waals surface area (Å²) in [5.74, 6) is -0.221. The van der Waals surface area contributed by atoms with Crippen molar-refractivity contribution in [3.05, 3.63) is 88.5 Å². The van der Waals surface area contributed by atoms with Crippen LogP contribution in [0.2, 0.25) is 0 Å². The molecule has 3 aromatic carbocycles. The second-order valence-corrected chi connectivity index (χ2v) is 7.36. The molecule has 0 radical (unpaired) electrons. The molecule has 32 heavy (non-hydrogen) atoms. The van der Waals surface area contributed by atoms with E-state index in [9.17, 15) is 14.4 Å². The zero-order chi connectivity index (χ0) is 22.1. The van der Waals surface area contributed by atoms with Gasteiger partial charge in [-0.25, -0.2) is 4.98 Å². The molecule has 0 atom stereocenters. The van der Waals surface area contributed by atoms with Crippen molar-refractivity contribution >= 4 is 28.4 Å². The van der Waals surface area contributed by atoms with E-state index in [0.717, 1.165) is 16.7 Å². The van der Waals surface area contributed by atoms with Crippen LogP contribution in [0.4, 0.5) is 5.69 Å². The molecule has 0 bridgehead atoms. The number of nitrogens with one attached hydrogen (secondary N) is 3. The zero-order valence-electron chi connectivity index (χ0n) is 16.8. The fraction of sp³-hybridized carbons (Fsp3) is 0.0833. The van der Waals surface area contributed by atoms with Crippen molar-refractivity contribution in [3.8, 4) is 16.9 Å². The van der Waals surface area contributed by atoms with Crippen LogP contribution in [0, 0.1) is 0 Å². The molecule has 0 saturated carbocycles. The maximum Gasteiger partial charge on any atom is 0.287 e. The third-order valence-corrected chi connectivity index (χ3v) is 5.16. The Morgan fingerprint density at radius 3 is 2.69 bits per heavy atom. The average molecular weight is 426 g/mol. The molecule has 2 amide bonds. The SMILES string of the molecule is O=C1COc2ccc(CNC(=O)c3nc4ccc(-c5ccccc5)cc4c(=O)[nH]3)cc2N1. The zero-order valence-corrected chi connectivity index (χ0v) is 16.8. The van der Waals surface area contributed by atoms with Crippen LogP contribution < -0.4 is 20.9 Å². The molecule has 158 valence electrons. The molecular formula is C24H18N4O4. The lowest BCUT2D eigenvalue weighted by molar-refractivity contribution is -0.118. The fourth-order valence-electron chi connectivity index (χ4n) is 3.56. The fourth-order valence-corrected chi connectivity index (χ4v) is 3.56. The second kappa shape index (κ2) is 7.99. The van der Waals surface area contributed by atoms with Crippen LogP contribution in [-0.4, -0.2) is 28.4 Å². The van der Waals surface area contributed by atoms with Gasteiger partial charge in [0.15, 0.2) is 12.4 Å². The van der Waals surface area contributed by atoms with Gasteiger partial charge in [0, 0.05) is 6.54 Å². The van der Waals surface area contributed by atoms with E-state index >= 15 is 0 Å². The summed E-state index contributed by atoms with van der Waals surface area (Å²) in [5.41, 5.74) is 3.25. The molecule has 8 heteroatoms. The standard InChI is InChI=1S/C24H18N4O4/c29-21-13-32-20-9-6-14(10-19(20)26-21)12-25-24(31)22-27-18-8-7-16(11-17(18)23(30)28-22)15-4-2-1-3-5-15/h1-11H,12-13H2,(H,25,31)(H,26,29)(H,27,28,30). The van der Waals surface area contributed by atoms with Crippen LogP contribution >= 0.6 is 0 Å². The number of rotatable bonds is 4.